The summed E-state index contributed by atoms with van der Waals surface area (Å²) in [5.74, 6) is 0. The van der Waals surface area contributed by atoms with E-state index >= 15 is 0 Å². The minimum absolute atomic E-state index is 0.137. The summed E-state index contributed by atoms with van der Waals surface area (Å²) >= 11 is 1.87. The van der Waals surface area contributed by atoms with Gasteiger partial charge in [0.2, 0.25) is 0 Å². The van der Waals surface area contributed by atoms with Gasteiger partial charge in [-0.1, -0.05) is 6.92 Å². The van der Waals surface area contributed by atoms with Gasteiger partial charge in [-0.05, 0) is 38.4 Å². The van der Waals surface area contributed by atoms with E-state index in [-0.39, 0.29) is 6.10 Å². The van der Waals surface area contributed by atoms with Crippen LogP contribution in [0.2, 0.25) is 0 Å². The molecule has 1 aromatic heterocycles. The van der Waals surface area contributed by atoms with E-state index in [1.807, 2.05) is 11.3 Å². The highest BCUT2D eigenvalue weighted by molar-refractivity contribution is 7.12. The fourth-order valence-corrected chi connectivity index (χ4v) is 3.83. The van der Waals surface area contributed by atoms with Gasteiger partial charge in [0.15, 0.2) is 0 Å². The molecule has 1 aliphatic rings. The topological polar surface area (TPSA) is 38.5 Å². The van der Waals surface area contributed by atoms with E-state index < -0.39 is 0 Å². The number of nitrogens with zero attached hydrogens (tertiary/aromatic N) is 1. The van der Waals surface area contributed by atoms with Gasteiger partial charge in [0.05, 0.1) is 18.8 Å². The Morgan fingerprint density at radius 2 is 2.28 bits per heavy atom. The minimum atomic E-state index is 0.137. The molecule has 0 bridgehead atoms. The van der Waals surface area contributed by atoms with E-state index in [0.29, 0.717) is 12.6 Å². The second-order valence-corrected chi connectivity index (χ2v) is 6.45. The van der Waals surface area contributed by atoms with Crippen molar-refractivity contribution in [2.75, 3.05) is 26.2 Å². The van der Waals surface area contributed by atoms with Crippen LogP contribution in [-0.2, 0) is 4.74 Å². The zero-order chi connectivity index (χ0) is 13.1. The maximum absolute atomic E-state index is 5.90. The maximum atomic E-state index is 5.90. The normalized spacial score (nSPS) is 25.6. The maximum Gasteiger partial charge on any atom is 0.0894 e. The highest BCUT2D eigenvalue weighted by atomic mass is 32.1. The van der Waals surface area contributed by atoms with Gasteiger partial charge in [-0.15, -0.1) is 11.3 Å². The first-order valence-corrected chi connectivity index (χ1v) is 7.61. The van der Waals surface area contributed by atoms with E-state index in [4.69, 9.17) is 10.5 Å². The molecule has 1 aromatic rings. The molecular formula is C14H24N2OS. The lowest BCUT2D eigenvalue weighted by Gasteiger charge is -2.41. The van der Waals surface area contributed by atoms with Crippen LogP contribution in [-0.4, -0.2) is 37.2 Å². The molecule has 2 rings (SSSR count). The molecule has 1 aliphatic heterocycles. The van der Waals surface area contributed by atoms with Crippen LogP contribution in [0.3, 0.4) is 0 Å². The van der Waals surface area contributed by atoms with Gasteiger partial charge in [-0.3, -0.25) is 4.90 Å². The first-order chi connectivity index (χ1) is 8.67. The Morgan fingerprint density at radius 1 is 1.50 bits per heavy atom. The summed E-state index contributed by atoms with van der Waals surface area (Å²) in [5.41, 5.74) is 7.32. The molecule has 1 fully saturated rings. The fourth-order valence-electron chi connectivity index (χ4n) is 2.86. The van der Waals surface area contributed by atoms with Crippen molar-refractivity contribution in [2.45, 2.75) is 39.3 Å². The number of hydrogen-bond acceptors (Lipinski definition) is 4. The Balaban J connectivity index is 2.30. The fraction of sp³-hybridized carbons (Fsp3) is 0.714. The monoisotopic (exact) mass is 268 g/mol. The first-order valence-electron chi connectivity index (χ1n) is 6.80. The smallest absolute Gasteiger partial charge is 0.0894 e. The van der Waals surface area contributed by atoms with Crippen LogP contribution in [0.5, 0.6) is 0 Å². The molecule has 2 N–H and O–H groups in total. The third-order valence-corrected chi connectivity index (χ3v) is 4.58. The minimum Gasteiger partial charge on any atom is -0.374 e. The summed E-state index contributed by atoms with van der Waals surface area (Å²) in [4.78, 5) is 5.32. The van der Waals surface area contributed by atoms with E-state index in [1.165, 1.54) is 21.7 Å². The van der Waals surface area contributed by atoms with Gasteiger partial charge in [-0.2, -0.15) is 0 Å². The molecule has 1 saturated heterocycles. The van der Waals surface area contributed by atoms with Crippen molar-refractivity contribution in [3.63, 3.8) is 0 Å². The molecule has 102 valence electrons. The van der Waals surface area contributed by atoms with E-state index in [1.54, 1.807) is 0 Å². The highest BCUT2D eigenvalue weighted by Crippen LogP contribution is 2.35. The number of morpholine rings is 1. The number of rotatable bonds is 4. The molecule has 3 nitrogen and oxygen atoms in total. The number of aryl methyl sites for hydroxylation is 2. The SMILES string of the molecule is CCCN1CCOC(CN)C1c1cc(C)sc1C. The van der Waals surface area contributed by atoms with Crippen molar-refractivity contribution in [3.8, 4) is 0 Å². The molecule has 2 atom stereocenters. The lowest BCUT2D eigenvalue weighted by atomic mass is 9.98. The van der Waals surface area contributed by atoms with Crippen LogP contribution in [0.4, 0.5) is 0 Å². The molecule has 0 aliphatic carbocycles. The Hall–Kier alpha value is -0.420. The van der Waals surface area contributed by atoms with Crippen molar-refractivity contribution >= 4 is 11.3 Å². The van der Waals surface area contributed by atoms with Gasteiger partial charge in [0.1, 0.15) is 0 Å². The van der Waals surface area contributed by atoms with Gasteiger partial charge < -0.3 is 10.5 Å². The molecule has 0 amide bonds. The van der Waals surface area contributed by atoms with Crippen molar-refractivity contribution in [1.29, 1.82) is 0 Å². The van der Waals surface area contributed by atoms with E-state index in [0.717, 1.165) is 19.7 Å². The van der Waals surface area contributed by atoms with Crippen molar-refractivity contribution in [3.05, 3.63) is 21.4 Å². The molecule has 0 radical (unpaired) electrons. The Labute approximate surface area is 114 Å². The van der Waals surface area contributed by atoms with E-state index in [9.17, 15) is 0 Å². The van der Waals surface area contributed by atoms with Gasteiger partial charge in [-0.25, -0.2) is 0 Å². The van der Waals surface area contributed by atoms with Crippen LogP contribution in [0, 0.1) is 13.8 Å². The van der Waals surface area contributed by atoms with Crippen molar-refractivity contribution < 1.29 is 4.74 Å². The quantitative estimate of drug-likeness (QED) is 0.911. The lowest BCUT2D eigenvalue weighted by Crippen LogP contribution is -2.48. The number of nitrogens with two attached hydrogens (primary N) is 1. The third-order valence-electron chi connectivity index (χ3n) is 3.60. The molecule has 2 heterocycles. The Kier molecular flexibility index (Phi) is 4.78. The summed E-state index contributed by atoms with van der Waals surface area (Å²) < 4.78 is 5.87. The molecule has 0 saturated carbocycles. The van der Waals surface area contributed by atoms with Crippen LogP contribution in [0.25, 0.3) is 0 Å². The number of ether oxygens (including phenoxy) is 1. The average molecular weight is 268 g/mol. The molecule has 0 spiro atoms. The molecular weight excluding hydrogens is 244 g/mol. The van der Waals surface area contributed by atoms with Crippen molar-refractivity contribution in [1.82, 2.24) is 4.90 Å². The van der Waals surface area contributed by atoms with Crippen LogP contribution < -0.4 is 5.73 Å². The van der Waals surface area contributed by atoms with Gasteiger partial charge in [0.25, 0.3) is 0 Å². The zero-order valence-corrected chi connectivity index (χ0v) is 12.4. The predicted octanol–water partition coefficient (Wildman–Crippen LogP) is 2.48. The van der Waals surface area contributed by atoms with E-state index in [2.05, 4.69) is 31.7 Å². The number of hydrogen-bond donors (Lipinski definition) is 1. The Bertz CT molecular complexity index is 389. The number of thiophene rings is 1. The summed E-state index contributed by atoms with van der Waals surface area (Å²) in [6, 6.07) is 2.65. The largest absolute Gasteiger partial charge is 0.374 e. The molecule has 4 heteroatoms. The predicted molar refractivity (Wildman–Crippen MR) is 77.2 cm³/mol. The third kappa shape index (κ3) is 2.77. The summed E-state index contributed by atoms with van der Waals surface area (Å²) in [6.07, 6.45) is 1.31. The highest BCUT2D eigenvalue weighted by Gasteiger charge is 2.33. The lowest BCUT2D eigenvalue weighted by molar-refractivity contribution is -0.0676. The second kappa shape index (κ2) is 6.15. The van der Waals surface area contributed by atoms with Gasteiger partial charge in [0, 0.05) is 22.8 Å². The van der Waals surface area contributed by atoms with Crippen LogP contribution in [0.15, 0.2) is 6.07 Å². The van der Waals surface area contributed by atoms with Crippen LogP contribution >= 0.6 is 11.3 Å². The van der Waals surface area contributed by atoms with Crippen LogP contribution in [0.1, 0.15) is 34.7 Å². The molecule has 18 heavy (non-hydrogen) atoms. The summed E-state index contributed by atoms with van der Waals surface area (Å²) in [6.45, 7) is 10.2. The summed E-state index contributed by atoms with van der Waals surface area (Å²) in [5, 5.41) is 0. The van der Waals surface area contributed by atoms with Gasteiger partial charge >= 0.3 is 0 Å². The standard InChI is InChI=1S/C14H24N2OS/c1-4-5-16-6-7-17-13(9-15)14(16)12-8-10(2)18-11(12)3/h8,13-14H,4-7,9,15H2,1-3H3. The zero-order valence-electron chi connectivity index (χ0n) is 11.6. The summed E-state index contributed by atoms with van der Waals surface area (Å²) in [7, 11) is 0. The first kappa shape index (κ1) is 14.0. The molecule has 2 unspecified atom stereocenters. The Morgan fingerprint density at radius 3 is 2.83 bits per heavy atom. The second-order valence-electron chi connectivity index (χ2n) is 4.99. The van der Waals surface area contributed by atoms with Crippen molar-refractivity contribution in [2.24, 2.45) is 5.73 Å². The average Bonchev–Trinajstić information content (AvgIpc) is 2.68. The molecule has 0 aromatic carbocycles.